The monoisotopic (exact) mass is 353 g/mol. The molecule has 0 aliphatic rings. The number of amides is 1. The first-order chi connectivity index (χ1) is 11.0. The first-order valence-corrected chi connectivity index (χ1v) is 8.12. The van der Waals surface area contributed by atoms with Gasteiger partial charge in [0, 0.05) is 15.5 Å². The number of carbonyl (C=O) groups excluding carboxylic acids is 1. The van der Waals surface area contributed by atoms with E-state index in [-0.39, 0.29) is 18.7 Å². The molecule has 0 aliphatic carbocycles. The van der Waals surface area contributed by atoms with Crippen LogP contribution >= 0.6 is 22.9 Å². The lowest BCUT2D eigenvalue weighted by Crippen LogP contribution is -2.31. The van der Waals surface area contributed by atoms with Crippen LogP contribution in [0.25, 0.3) is 0 Å². The fraction of sp³-hybridized carbons (Fsp3) is 0.250. The second-order valence-electron chi connectivity index (χ2n) is 4.87. The zero-order chi connectivity index (χ0) is 16.8. The van der Waals surface area contributed by atoms with Crippen molar-refractivity contribution < 1.29 is 19.4 Å². The molecule has 0 saturated heterocycles. The van der Waals surface area contributed by atoms with Gasteiger partial charge in [0.2, 0.25) is 5.91 Å². The molecular weight excluding hydrogens is 338 g/mol. The van der Waals surface area contributed by atoms with Crippen molar-refractivity contribution in [3.8, 4) is 5.75 Å². The summed E-state index contributed by atoms with van der Waals surface area (Å²) in [6.07, 6.45) is -0.107. The minimum Gasteiger partial charge on any atom is -0.496 e. The lowest BCUT2D eigenvalue weighted by Gasteiger charge is -2.16. The van der Waals surface area contributed by atoms with Gasteiger partial charge in [-0.05, 0) is 29.6 Å². The molecule has 1 aromatic heterocycles. The standard InChI is InChI=1S/C16H16ClNO4S/c1-22-13-5-4-11(17)7-10(13)8-15(19)18-12(9-16(20)21)14-3-2-6-23-14/h2-7,12H,8-9H2,1H3,(H,18,19)(H,20,21)/t12-/m0/s1. The Bertz CT molecular complexity index is 687. The molecule has 23 heavy (non-hydrogen) atoms. The van der Waals surface area contributed by atoms with Crippen LogP contribution in [0.3, 0.4) is 0 Å². The van der Waals surface area contributed by atoms with E-state index in [2.05, 4.69) is 5.32 Å². The smallest absolute Gasteiger partial charge is 0.305 e. The summed E-state index contributed by atoms with van der Waals surface area (Å²) in [5.41, 5.74) is 0.651. The Kier molecular flexibility index (Phi) is 6.01. The zero-order valence-corrected chi connectivity index (χ0v) is 14.0. The summed E-state index contributed by atoms with van der Waals surface area (Å²) in [4.78, 5) is 24.1. The molecule has 0 spiro atoms. The van der Waals surface area contributed by atoms with Crippen molar-refractivity contribution in [1.82, 2.24) is 5.32 Å². The Balaban J connectivity index is 2.10. The molecule has 122 valence electrons. The number of carboxylic acids is 1. The van der Waals surface area contributed by atoms with E-state index in [0.717, 1.165) is 4.88 Å². The number of nitrogens with one attached hydrogen (secondary N) is 1. The molecule has 2 rings (SSSR count). The Morgan fingerprint density at radius 3 is 2.78 bits per heavy atom. The average Bonchev–Trinajstić information content (AvgIpc) is 3.00. The molecule has 1 amide bonds. The van der Waals surface area contributed by atoms with Crippen LogP contribution in [0, 0.1) is 0 Å². The largest absolute Gasteiger partial charge is 0.496 e. The molecule has 1 atom stereocenters. The van der Waals surface area contributed by atoms with Gasteiger partial charge in [-0.2, -0.15) is 0 Å². The van der Waals surface area contributed by atoms with Gasteiger partial charge in [-0.15, -0.1) is 11.3 Å². The number of carbonyl (C=O) groups is 2. The summed E-state index contributed by atoms with van der Waals surface area (Å²) >= 11 is 7.36. The summed E-state index contributed by atoms with van der Waals surface area (Å²) < 4.78 is 5.21. The maximum Gasteiger partial charge on any atom is 0.305 e. The van der Waals surface area contributed by atoms with Crippen molar-refractivity contribution in [2.75, 3.05) is 7.11 Å². The summed E-state index contributed by atoms with van der Waals surface area (Å²) in [5, 5.41) is 14.1. The second kappa shape index (κ2) is 7.99. The maximum atomic E-state index is 12.3. The fourth-order valence-corrected chi connectivity index (χ4v) is 3.16. The molecule has 2 N–H and O–H groups in total. The predicted molar refractivity (Wildman–Crippen MR) is 89.2 cm³/mol. The molecule has 0 aliphatic heterocycles. The Morgan fingerprint density at radius 1 is 1.39 bits per heavy atom. The van der Waals surface area contributed by atoms with E-state index in [1.165, 1.54) is 18.4 Å². The van der Waals surface area contributed by atoms with Crippen molar-refractivity contribution in [3.63, 3.8) is 0 Å². The van der Waals surface area contributed by atoms with Crippen molar-refractivity contribution in [3.05, 3.63) is 51.2 Å². The number of rotatable bonds is 7. The lowest BCUT2D eigenvalue weighted by molar-refractivity contribution is -0.137. The highest BCUT2D eigenvalue weighted by atomic mass is 35.5. The minimum atomic E-state index is -0.968. The Morgan fingerprint density at radius 2 is 2.17 bits per heavy atom. The third-order valence-corrected chi connectivity index (χ3v) is 4.42. The predicted octanol–water partition coefficient (Wildman–Crippen LogP) is 3.28. The Labute approximate surface area is 142 Å². The summed E-state index contributed by atoms with van der Waals surface area (Å²) in [7, 11) is 1.52. The van der Waals surface area contributed by atoms with Gasteiger partial charge in [0.25, 0.3) is 0 Å². The van der Waals surface area contributed by atoms with Crippen LogP contribution in [-0.2, 0) is 16.0 Å². The van der Waals surface area contributed by atoms with Gasteiger partial charge in [-0.3, -0.25) is 9.59 Å². The average molecular weight is 354 g/mol. The van der Waals surface area contributed by atoms with Crippen LogP contribution in [-0.4, -0.2) is 24.1 Å². The van der Waals surface area contributed by atoms with Crippen LogP contribution in [0.1, 0.15) is 22.9 Å². The molecule has 0 saturated carbocycles. The highest BCUT2D eigenvalue weighted by Crippen LogP contribution is 2.25. The fourth-order valence-electron chi connectivity index (χ4n) is 2.19. The van der Waals surface area contributed by atoms with E-state index < -0.39 is 12.0 Å². The number of methoxy groups -OCH3 is 1. The highest BCUT2D eigenvalue weighted by molar-refractivity contribution is 7.10. The number of halogens is 1. The number of thiophene rings is 1. The van der Waals surface area contributed by atoms with E-state index in [0.29, 0.717) is 16.3 Å². The lowest BCUT2D eigenvalue weighted by atomic mass is 10.1. The number of ether oxygens (including phenoxy) is 1. The SMILES string of the molecule is COc1ccc(Cl)cc1CC(=O)N[C@@H](CC(=O)O)c1cccs1. The van der Waals surface area contributed by atoms with E-state index >= 15 is 0 Å². The molecule has 1 heterocycles. The van der Waals surface area contributed by atoms with E-state index in [1.54, 1.807) is 24.3 Å². The molecule has 0 radical (unpaired) electrons. The number of hydrogen-bond acceptors (Lipinski definition) is 4. The molecule has 7 heteroatoms. The maximum absolute atomic E-state index is 12.3. The van der Waals surface area contributed by atoms with Crippen LogP contribution < -0.4 is 10.1 Å². The van der Waals surface area contributed by atoms with Gasteiger partial charge in [0.1, 0.15) is 5.75 Å². The highest BCUT2D eigenvalue weighted by Gasteiger charge is 2.20. The second-order valence-corrected chi connectivity index (χ2v) is 6.28. The first kappa shape index (κ1) is 17.3. The third-order valence-electron chi connectivity index (χ3n) is 3.19. The van der Waals surface area contributed by atoms with Crippen molar-refractivity contribution >= 4 is 34.8 Å². The quantitative estimate of drug-likeness (QED) is 0.801. The summed E-state index contributed by atoms with van der Waals surface area (Å²) in [6, 6.07) is 8.11. The first-order valence-electron chi connectivity index (χ1n) is 6.86. The number of carboxylic acid groups (broad SMARTS) is 1. The van der Waals surface area contributed by atoms with Gasteiger partial charge in [-0.25, -0.2) is 0 Å². The molecule has 0 bridgehead atoms. The van der Waals surface area contributed by atoms with Crippen LogP contribution in [0.15, 0.2) is 35.7 Å². The zero-order valence-electron chi connectivity index (χ0n) is 12.4. The third kappa shape index (κ3) is 4.97. The van der Waals surface area contributed by atoms with Crippen LogP contribution in [0.4, 0.5) is 0 Å². The van der Waals surface area contributed by atoms with Gasteiger partial charge >= 0.3 is 5.97 Å². The van der Waals surface area contributed by atoms with E-state index in [4.69, 9.17) is 21.4 Å². The number of aliphatic carboxylic acids is 1. The van der Waals surface area contributed by atoms with Gasteiger partial charge in [-0.1, -0.05) is 17.7 Å². The summed E-state index contributed by atoms with van der Waals surface area (Å²) in [5.74, 6) is -0.690. The normalized spacial score (nSPS) is 11.7. The molecule has 1 aromatic carbocycles. The molecule has 0 unspecified atom stereocenters. The molecule has 2 aromatic rings. The van der Waals surface area contributed by atoms with Crippen molar-refractivity contribution in [1.29, 1.82) is 0 Å². The Hall–Kier alpha value is -2.05. The number of hydrogen-bond donors (Lipinski definition) is 2. The van der Waals surface area contributed by atoms with Gasteiger partial charge in [0.05, 0.1) is 26.0 Å². The summed E-state index contributed by atoms with van der Waals surface area (Å²) in [6.45, 7) is 0. The molecular formula is C16H16ClNO4S. The van der Waals surface area contributed by atoms with E-state index in [1.807, 2.05) is 11.4 Å². The number of benzene rings is 1. The van der Waals surface area contributed by atoms with Crippen molar-refractivity contribution in [2.24, 2.45) is 0 Å². The molecule has 5 nitrogen and oxygen atoms in total. The van der Waals surface area contributed by atoms with Crippen molar-refractivity contribution in [2.45, 2.75) is 18.9 Å². The van der Waals surface area contributed by atoms with Crippen LogP contribution in [0.5, 0.6) is 5.75 Å². The molecule has 0 fully saturated rings. The van der Waals surface area contributed by atoms with Gasteiger partial charge in [0.15, 0.2) is 0 Å². The van der Waals surface area contributed by atoms with Crippen LogP contribution in [0.2, 0.25) is 5.02 Å². The van der Waals surface area contributed by atoms with Gasteiger partial charge < -0.3 is 15.2 Å². The minimum absolute atomic E-state index is 0.0607. The van der Waals surface area contributed by atoms with E-state index in [9.17, 15) is 9.59 Å². The topological polar surface area (TPSA) is 75.6 Å².